The van der Waals surface area contributed by atoms with E-state index in [1.165, 1.54) is 6.08 Å². The third kappa shape index (κ3) is 5.20. The zero-order valence-electron chi connectivity index (χ0n) is 12.0. The Bertz CT molecular complexity index is 620. The summed E-state index contributed by atoms with van der Waals surface area (Å²) in [7, 11) is 1.57. The van der Waals surface area contributed by atoms with Crippen molar-refractivity contribution in [3.8, 4) is 0 Å². The number of aliphatic imine (C=N–C) groups is 1. The molecule has 1 aliphatic heterocycles. The fraction of sp³-hybridized carbons (Fsp3) is 0.188. The minimum Gasteiger partial charge on any atom is 0 e. The Morgan fingerprint density at radius 1 is 1.04 bits per heavy atom. The number of rotatable bonds is 1. The van der Waals surface area contributed by atoms with Crippen molar-refractivity contribution < 1.29 is 40.6 Å². The van der Waals surface area contributed by atoms with Gasteiger partial charge in [-0.15, -0.1) is 0 Å². The molecule has 0 spiro atoms. The van der Waals surface area contributed by atoms with Gasteiger partial charge in [0.1, 0.15) is 11.5 Å². The second-order valence-electron chi connectivity index (χ2n) is 3.98. The number of fused-ring (bicyclic) bond motifs is 3. The first kappa shape index (κ1) is 23.1. The molecule has 0 saturated carbocycles. The SMILES string of the molecule is COC1=CC(=O)C=C2C1=N[C@@H]1C=CC=C[C@H]21.[C-]#[O+].[C-]#[O+].[C-]#[O+].[Fe]. The van der Waals surface area contributed by atoms with Crippen molar-refractivity contribution in [3.05, 3.63) is 67.7 Å². The molecule has 3 aliphatic rings. The van der Waals surface area contributed by atoms with Crippen molar-refractivity contribution in [3.63, 3.8) is 0 Å². The van der Waals surface area contributed by atoms with Gasteiger partial charge in [-0.05, 0) is 11.6 Å². The van der Waals surface area contributed by atoms with Gasteiger partial charge in [0.2, 0.25) is 0 Å². The van der Waals surface area contributed by atoms with Gasteiger partial charge in [-0.2, -0.15) is 0 Å². The molecule has 0 saturated heterocycles. The minimum atomic E-state index is -0.0191. The Kier molecular flexibility index (Phi) is 12.4. The fourth-order valence-electron chi connectivity index (χ4n) is 2.31. The smallest absolute Gasteiger partial charge is 0 e. The van der Waals surface area contributed by atoms with E-state index in [9.17, 15) is 4.79 Å². The molecular formula is C16H11FeNO5. The van der Waals surface area contributed by atoms with Gasteiger partial charge >= 0.3 is 33.9 Å². The summed E-state index contributed by atoms with van der Waals surface area (Å²) in [5.74, 6) is 0.760. The number of hydrogen-bond donors (Lipinski definition) is 0. The zero-order valence-corrected chi connectivity index (χ0v) is 13.1. The van der Waals surface area contributed by atoms with Crippen LogP contribution in [0.3, 0.4) is 0 Å². The van der Waals surface area contributed by atoms with Crippen LogP contribution in [0.15, 0.2) is 52.8 Å². The van der Waals surface area contributed by atoms with Crippen LogP contribution in [-0.4, -0.2) is 24.6 Å². The van der Waals surface area contributed by atoms with Gasteiger partial charge in [-0.25, -0.2) is 0 Å². The standard InChI is InChI=1S/C13H11NO2.3CO.Fe/c1-16-12-7-8(15)6-10-9-4-2-3-5-11(9)14-13(10)12;3*1-2;/h2-7,9,11H,1H3;;;;/t9-,11-;;;;/m1..../s1. The first-order valence-corrected chi connectivity index (χ1v) is 5.85. The Balaban J connectivity index is 0. The Hall–Kier alpha value is -2.16. The van der Waals surface area contributed by atoms with Gasteiger partial charge in [0.05, 0.1) is 13.2 Å². The first-order valence-electron chi connectivity index (χ1n) is 5.85. The number of carbonyl (C=O) groups is 1. The van der Waals surface area contributed by atoms with Crippen LogP contribution in [-0.2, 0) is 40.6 Å². The maximum Gasteiger partial charge on any atom is 0 e. The normalized spacial score (nSPS) is 21.3. The van der Waals surface area contributed by atoms with Crippen LogP contribution in [0, 0.1) is 25.9 Å². The summed E-state index contributed by atoms with van der Waals surface area (Å²) in [6.07, 6.45) is 11.3. The summed E-state index contributed by atoms with van der Waals surface area (Å²) in [6.45, 7) is 13.5. The summed E-state index contributed by atoms with van der Waals surface area (Å²) in [5.41, 5.74) is 1.81. The largest absolute Gasteiger partial charge is 0 e. The molecule has 0 amide bonds. The van der Waals surface area contributed by atoms with Crippen molar-refractivity contribution in [1.29, 1.82) is 0 Å². The quantitative estimate of drug-likeness (QED) is 0.309. The molecule has 23 heavy (non-hydrogen) atoms. The van der Waals surface area contributed by atoms with Crippen molar-refractivity contribution in [2.45, 2.75) is 6.04 Å². The third-order valence-corrected chi connectivity index (χ3v) is 3.04. The van der Waals surface area contributed by atoms with Crippen LogP contribution in [0.4, 0.5) is 0 Å². The summed E-state index contributed by atoms with van der Waals surface area (Å²) >= 11 is 0. The summed E-state index contributed by atoms with van der Waals surface area (Å²) in [6, 6.07) is 0.121. The molecule has 0 bridgehead atoms. The molecule has 0 N–H and O–H groups in total. The number of nitrogens with zero attached hydrogens (tertiary/aromatic N) is 1. The number of ether oxygens (including phenoxy) is 1. The molecule has 0 aromatic rings. The van der Waals surface area contributed by atoms with Gasteiger partial charge in [0.15, 0.2) is 5.78 Å². The predicted octanol–water partition coefficient (Wildman–Crippen LogP) is 1.48. The topological polar surface area (TPSA) is 98.4 Å². The van der Waals surface area contributed by atoms with E-state index in [1.807, 2.05) is 12.2 Å². The molecular weight excluding hydrogens is 342 g/mol. The first-order chi connectivity index (χ1) is 10.8. The summed E-state index contributed by atoms with van der Waals surface area (Å²) in [5, 5.41) is 0. The second kappa shape index (κ2) is 12.4. The van der Waals surface area contributed by atoms with Crippen molar-refractivity contribution in [2.75, 3.05) is 7.11 Å². The average molecular weight is 353 g/mol. The number of ketones is 1. The number of allylic oxidation sites excluding steroid dienone is 5. The third-order valence-electron chi connectivity index (χ3n) is 3.04. The number of carbonyl (C=O) groups excluding carboxylic acids is 1. The second-order valence-corrected chi connectivity index (χ2v) is 3.98. The summed E-state index contributed by atoms with van der Waals surface area (Å²) < 4.78 is 27.7. The van der Waals surface area contributed by atoms with Gasteiger partial charge in [-0.1, -0.05) is 24.3 Å². The Labute approximate surface area is 144 Å². The van der Waals surface area contributed by atoms with Crippen molar-refractivity contribution in [2.24, 2.45) is 10.9 Å². The molecule has 2 aliphatic carbocycles. The van der Waals surface area contributed by atoms with Gasteiger partial charge < -0.3 is 4.74 Å². The Morgan fingerprint density at radius 2 is 1.61 bits per heavy atom. The van der Waals surface area contributed by atoms with Crippen LogP contribution in [0.25, 0.3) is 0 Å². The van der Waals surface area contributed by atoms with Gasteiger partial charge in [0.25, 0.3) is 0 Å². The molecule has 6 nitrogen and oxygen atoms in total. The average Bonchev–Trinajstić information content (AvgIpc) is 2.98. The van der Waals surface area contributed by atoms with E-state index in [-0.39, 0.29) is 34.8 Å². The monoisotopic (exact) mass is 353 g/mol. The molecule has 0 unspecified atom stereocenters. The van der Waals surface area contributed by atoms with E-state index < -0.39 is 0 Å². The Morgan fingerprint density at radius 3 is 2.17 bits per heavy atom. The fourth-order valence-corrected chi connectivity index (χ4v) is 2.31. The molecule has 7 heteroatoms. The van der Waals surface area contributed by atoms with E-state index in [4.69, 9.17) is 18.7 Å². The molecule has 0 aromatic carbocycles. The molecule has 0 aromatic heterocycles. The molecule has 0 fully saturated rings. The number of hydrogen-bond acceptors (Lipinski definition) is 3. The molecule has 1 heterocycles. The van der Waals surface area contributed by atoms with Gasteiger partial charge in [-0.3, -0.25) is 9.79 Å². The van der Waals surface area contributed by atoms with Crippen molar-refractivity contribution >= 4 is 11.5 Å². The maximum atomic E-state index is 11.5. The zero-order chi connectivity index (χ0) is 17.1. The van der Waals surface area contributed by atoms with Gasteiger partial charge in [0, 0.05) is 29.1 Å². The van der Waals surface area contributed by atoms with E-state index in [0.29, 0.717) is 5.76 Å². The van der Waals surface area contributed by atoms with E-state index in [1.54, 1.807) is 13.2 Å². The minimum absolute atomic E-state index is 0. The summed E-state index contributed by atoms with van der Waals surface area (Å²) in [4.78, 5) is 16.1. The van der Waals surface area contributed by atoms with Crippen molar-refractivity contribution in [1.82, 2.24) is 0 Å². The van der Waals surface area contributed by atoms with E-state index in [0.717, 1.165) is 11.3 Å². The van der Waals surface area contributed by atoms with E-state index in [2.05, 4.69) is 37.1 Å². The molecule has 2 atom stereocenters. The molecule has 3 rings (SSSR count). The van der Waals surface area contributed by atoms with E-state index >= 15 is 0 Å². The molecule has 118 valence electrons. The number of methoxy groups -OCH3 is 1. The van der Waals surface area contributed by atoms with Crippen LogP contribution in [0.2, 0.25) is 0 Å². The predicted molar refractivity (Wildman–Crippen MR) is 73.0 cm³/mol. The van der Waals surface area contributed by atoms with Crippen LogP contribution in [0.1, 0.15) is 0 Å². The van der Waals surface area contributed by atoms with Crippen LogP contribution < -0.4 is 0 Å². The van der Waals surface area contributed by atoms with Crippen LogP contribution in [0.5, 0.6) is 0 Å². The molecule has 0 radical (unpaired) electrons. The van der Waals surface area contributed by atoms with Crippen LogP contribution >= 0.6 is 0 Å². The maximum absolute atomic E-state index is 11.5.